The van der Waals surface area contributed by atoms with Crippen LogP contribution in [0.3, 0.4) is 0 Å². The van der Waals surface area contributed by atoms with Crippen LogP contribution in [0.25, 0.3) is 0 Å². The van der Waals surface area contributed by atoms with Gasteiger partial charge in [0.1, 0.15) is 13.2 Å². The minimum Gasteiger partial charge on any atom is -0.462 e. The Balaban J connectivity index is 3.43. The third-order valence-corrected chi connectivity index (χ3v) is 7.03. The molecular weight excluding hydrogens is 805 g/mol. The zero-order chi connectivity index (χ0) is 26.9. The Bertz CT molecular complexity index is 947. The van der Waals surface area contributed by atoms with E-state index in [9.17, 15) is 24.0 Å². The summed E-state index contributed by atoms with van der Waals surface area (Å²) in [5.74, 6) is -2.98. The summed E-state index contributed by atoms with van der Waals surface area (Å²) in [4.78, 5) is 60.9. The summed E-state index contributed by atoms with van der Waals surface area (Å²) >= 11 is 6.05. The number of nitrogens with two attached hydrogens (primary N) is 1. The largest absolute Gasteiger partial charge is 0.462 e. The molecule has 35 heavy (non-hydrogen) atoms. The lowest BCUT2D eigenvalue weighted by Crippen LogP contribution is -2.47. The number of ether oxygens (including phenoxy) is 4. The van der Waals surface area contributed by atoms with Gasteiger partial charge in [0, 0.05) is 34.8 Å². The van der Waals surface area contributed by atoms with Gasteiger partial charge in [-0.25, -0.2) is 0 Å². The predicted octanol–water partition coefficient (Wildman–Crippen LogP) is 2.51. The van der Waals surface area contributed by atoms with Gasteiger partial charge in [-0.15, -0.1) is 0 Å². The molecule has 14 heteroatoms. The number of nitrogen functional groups attached to an aromatic ring is 1. The molecule has 11 nitrogen and oxygen atoms in total. The van der Waals surface area contributed by atoms with E-state index in [4.69, 9.17) is 24.7 Å². The van der Waals surface area contributed by atoms with Gasteiger partial charge in [0.05, 0.1) is 27.9 Å². The molecule has 194 valence electrons. The highest BCUT2D eigenvalue weighted by atomic mass is 127. The Morgan fingerprint density at radius 1 is 0.800 bits per heavy atom. The highest BCUT2D eigenvalue weighted by Crippen LogP contribution is 2.30. The minimum absolute atomic E-state index is 0.207. The molecule has 0 aliphatic rings. The first-order valence-electron chi connectivity index (χ1n) is 10.1. The standard InChI is InChI=1S/C21H25I3N2O9/c1-10(27)32-8-14(34-12(3)29)6-26(7-15(35-13(4)30)9-33-11(2)28)21(31)18-16(22)5-17(23)20(25)19(18)24/h5,14-15H,6-9,25H2,1-4H3. The summed E-state index contributed by atoms with van der Waals surface area (Å²) in [5, 5.41) is 0. The van der Waals surface area contributed by atoms with Gasteiger partial charge in [-0.1, -0.05) is 0 Å². The number of nitrogens with zero attached hydrogens (tertiary/aromatic N) is 1. The van der Waals surface area contributed by atoms with Gasteiger partial charge in [-0.3, -0.25) is 24.0 Å². The molecule has 2 N–H and O–H groups in total. The highest BCUT2D eigenvalue weighted by molar-refractivity contribution is 14.1. The van der Waals surface area contributed by atoms with Crippen molar-refractivity contribution in [2.45, 2.75) is 39.9 Å². The van der Waals surface area contributed by atoms with Crippen LogP contribution in [0.1, 0.15) is 38.1 Å². The SMILES string of the molecule is CC(=O)OCC(CN(CC(COC(C)=O)OC(C)=O)C(=O)c1c(I)cc(I)c(N)c1I)OC(C)=O. The van der Waals surface area contributed by atoms with Crippen molar-refractivity contribution in [3.05, 3.63) is 22.3 Å². The van der Waals surface area contributed by atoms with E-state index >= 15 is 0 Å². The fourth-order valence-corrected chi connectivity index (χ4v) is 6.66. The molecule has 1 rings (SSSR count). The van der Waals surface area contributed by atoms with Crippen LogP contribution in [0.4, 0.5) is 5.69 Å². The number of esters is 4. The minimum atomic E-state index is -1.01. The van der Waals surface area contributed by atoms with E-state index < -0.39 is 42.0 Å². The number of hydrogen-bond donors (Lipinski definition) is 1. The first-order chi connectivity index (χ1) is 16.2. The Labute approximate surface area is 243 Å². The fraction of sp³-hybridized carbons (Fsp3) is 0.476. The number of benzene rings is 1. The molecule has 0 aromatic heterocycles. The lowest BCUT2D eigenvalue weighted by atomic mass is 10.1. The number of rotatable bonds is 11. The van der Waals surface area contributed by atoms with Crippen molar-refractivity contribution in [2.24, 2.45) is 0 Å². The van der Waals surface area contributed by atoms with Crippen LogP contribution in [0.5, 0.6) is 0 Å². The third-order valence-electron chi connectivity index (χ3n) is 4.16. The summed E-state index contributed by atoms with van der Waals surface area (Å²) in [7, 11) is 0. The molecule has 0 heterocycles. The first-order valence-corrected chi connectivity index (χ1v) is 13.3. The summed E-state index contributed by atoms with van der Waals surface area (Å²) in [6.45, 7) is 3.74. The summed E-state index contributed by atoms with van der Waals surface area (Å²) < 4.78 is 22.4. The monoisotopic (exact) mass is 830 g/mol. The second-order valence-corrected chi connectivity index (χ2v) is 10.6. The van der Waals surface area contributed by atoms with Crippen molar-refractivity contribution >= 4 is 103 Å². The van der Waals surface area contributed by atoms with Crippen LogP contribution in [0, 0.1) is 10.7 Å². The second-order valence-electron chi connectivity index (χ2n) is 7.22. The van der Waals surface area contributed by atoms with Gasteiger partial charge < -0.3 is 29.6 Å². The molecule has 0 spiro atoms. The molecule has 1 amide bonds. The highest BCUT2D eigenvalue weighted by Gasteiger charge is 2.30. The van der Waals surface area contributed by atoms with Crippen molar-refractivity contribution in [3.8, 4) is 0 Å². The van der Waals surface area contributed by atoms with E-state index in [1.54, 1.807) is 6.07 Å². The van der Waals surface area contributed by atoms with Crippen LogP contribution in [0.15, 0.2) is 6.07 Å². The molecule has 0 aliphatic carbocycles. The zero-order valence-electron chi connectivity index (χ0n) is 19.4. The third kappa shape index (κ3) is 11.0. The van der Waals surface area contributed by atoms with Crippen LogP contribution >= 0.6 is 67.8 Å². The molecule has 0 aliphatic heterocycles. The van der Waals surface area contributed by atoms with Crippen molar-refractivity contribution in [3.63, 3.8) is 0 Å². The maximum absolute atomic E-state index is 13.7. The maximum Gasteiger partial charge on any atom is 0.303 e. The van der Waals surface area contributed by atoms with E-state index in [1.165, 1.54) is 32.6 Å². The quantitative estimate of drug-likeness (QED) is 0.153. The smallest absolute Gasteiger partial charge is 0.303 e. The summed E-state index contributed by atoms with van der Waals surface area (Å²) in [6.07, 6.45) is -2.02. The van der Waals surface area contributed by atoms with Crippen LogP contribution in [0.2, 0.25) is 0 Å². The molecular formula is C21H25I3N2O9. The lowest BCUT2D eigenvalue weighted by molar-refractivity contribution is -0.159. The number of carbonyl (C=O) groups is 5. The molecule has 1 aromatic rings. The second kappa shape index (κ2) is 15.0. The molecule has 0 radical (unpaired) electrons. The first kappa shape index (κ1) is 31.6. The van der Waals surface area contributed by atoms with Gasteiger partial charge in [-0.05, 0) is 73.8 Å². The van der Waals surface area contributed by atoms with Crippen LogP contribution in [-0.4, -0.2) is 73.2 Å². The van der Waals surface area contributed by atoms with Gasteiger partial charge in [0.2, 0.25) is 0 Å². The van der Waals surface area contributed by atoms with Gasteiger partial charge >= 0.3 is 23.9 Å². The van der Waals surface area contributed by atoms with E-state index in [0.717, 1.165) is 3.57 Å². The molecule has 2 atom stereocenters. The molecule has 1 aromatic carbocycles. The number of amides is 1. The van der Waals surface area contributed by atoms with Crippen LogP contribution < -0.4 is 5.73 Å². The lowest BCUT2D eigenvalue weighted by Gasteiger charge is -2.31. The number of anilines is 1. The van der Waals surface area contributed by atoms with Crippen LogP contribution in [-0.2, 0) is 38.1 Å². The zero-order valence-corrected chi connectivity index (χ0v) is 25.9. The fourth-order valence-electron chi connectivity index (χ4n) is 2.83. The van der Waals surface area contributed by atoms with E-state index in [2.05, 4.69) is 22.6 Å². The van der Waals surface area contributed by atoms with Crippen molar-refractivity contribution < 1.29 is 42.9 Å². The number of halogens is 3. The Morgan fingerprint density at radius 2 is 1.23 bits per heavy atom. The topological polar surface area (TPSA) is 152 Å². The van der Waals surface area contributed by atoms with E-state index in [0.29, 0.717) is 18.4 Å². The van der Waals surface area contributed by atoms with Gasteiger partial charge in [-0.2, -0.15) is 0 Å². The van der Waals surface area contributed by atoms with Gasteiger partial charge in [0.25, 0.3) is 5.91 Å². The molecule has 0 saturated heterocycles. The van der Waals surface area contributed by atoms with E-state index in [1.807, 2.05) is 45.2 Å². The van der Waals surface area contributed by atoms with E-state index in [-0.39, 0.29) is 26.3 Å². The Hall–Kier alpha value is -1.44. The van der Waals surface area contributed by atoms with Crippen molar-refractivity contribution in [2.75, 3.05) is 32.0 Å². The van der Waals surface area contributed by atoms with Crippen molar-refractivity contribution in [1.29, 1.82) is 0 Å². The Kier molecular flexibility index (Phi) is 13.5. The number of hydrogen-bond acceptors (Lipinski definition) is 10. The van der Waals surface area contributed by atoms with Gasteiger partial charge in [0.15, 0.2) is 12.2 Å². The number of carbonyl (C=O) groups excluding carboxylic acids is 5. The normalized spacial score (nSPS) is 12.2. The maximum atomic E-state index is 13.7. The Morgan fingerprint density at radius 3 is 1.60 bits per heavy atom. The molecule has 0 saturated carbocycles. The predicted molar refractivity (Wildman–Crippen MR) is 149 cm³/mol. The average Bonchev–Trinajstić information content (AvgIpc) is 2.72. The molecule has 0 fully saturated rings. The summed E-state index contributed by atoms with van der Waals surface area (Å²) in [5.41, 5.74) is 6.86. The molecule has 2 unspecified atom stereocenters. The molecule has 0 bridgehead atoms. The van der Waals surface area contributed by atoms with Crippen molar-refractivity contribution in [1.82, 2.24) is 4.90 Å². The average molecular weight is 830 g/mol. The summed E-state index contributed by atoms with van der Waals surface area (Å²) in [6, 6.07) is 1.74.